The molecule has 2 amide bonds. The van der Waals surface area contributed by atoms with Crippen LogP contribution in [0.1, 0.15) is 38.3 Å². The van der Waals surface area contributed by atoms with Gasteiger partial charge in [0.2, 0.25) is 22.9 Å². The minimum absolute atomic E-state index is 0.0292. The summed E-state index contributed by atoms with van der Waals surface area (Å²) in [7, 11) is 4.24. The minimum atomic E-state index is -1.76. The standard InChI is InChI=1S/C25H31N3O8S2/c1-6-19(29)28-22(16-7-8-17-18(9-16)36-15-35-17)24(2,13-26)12-25(28,38-21(31)11-34-5)23(32)27(3)14-37-20(30)10-33-4/h7-9,22H,6,10-12,14-15H2,1-5H3/t22-,24+,25?/m0/s1. The number of rotatable bonds is 10. The number of fused-ring (bicyclic) bond motifs is 1. The van der Waals surface area contributed by atoms with E-state index in [2.05, 4.69) is 6.07 Å². The van der Waals surface area contributed by atoms with Gasteiger partial charge in [-0.2, -0.15) is 5.26 Å². The van der Waals surface area contributed by atoms with Crippen molar-refractivity contribution < 1.29 is 38.1 Å². The van der Waals surface area contributed by atoms with Crippen LogP contribution < -0.4 is 9.47 Å². The summed E-state index contributed by atoms with van der Waals surface area (Å²) in [5.41, 5.74) is -0.684. The van der Waals surface area contributed by atoms with Gasteiger partial charge in [0.05, 0.1) is 23.4 Å². The van der Waals surface area contributed by atoms with E-state index in [1.165, 1.54) is 31.1 Å². The van der Waals surface area contributed by atoms with Crippen molar-refractivity contribution in [2.75, 3.05) is 47.2 Å². The summed E-state index contributed by atoms with van der Waals surface area (Å²) in [5.74, 6) is -0.0223. The molecule has 0 spiro atoms. The van der Waals surface area contributed by atoms with Crippen LogP contribution in [0.3, 0.4) is 0 Å². The van der Waals surface area contributed by atoms with E-state index in [1.54, 1.807) is 32.0 Å². The Hall–Kier alpha value is -2.79. The number of hydrogen-bond donors (Lipinski definition) is 0. The van der Waals surface area contributed by atoms with E-state index in [4.69, 9.17) is 18.9 Å². The first-order valence-electron chi connectivity index (χ1n) is 11.8. The molecule has 0 radical (unpaired) electrons. The molecule has 3 rings (SSSR count). The van der Waals surface area contributed by atoms with Crippen LogP contribution in [0.2, 0.25) is 0 Å². The lowest BCUT2D eigenvalue weighted by molar-refractivity contribution is -0.146. The summed E-state index contributed by atoms with van der Waals surface area (Å²) in [4.78, 5) is 53.7. The molecule has 13 heteroatoms. The molecule has 2 aliphatic rings. The van der Waals surface area contributed by atoms with E-state index in [0.29, 0.717) is 28.8 Å². The number of carbonyl (C=O) groups is 4. The molecular formula is C25H31N3O8S2. The molecule has 1 saturated heterocycles. The normalized spacial score (nSPS) is 23.7. The predicted molar refractivity (Wildman–Crippen MR) is 140 cm³/mol. The zero-order valence-corrected chi connectivity index (χ0v) is 23.6. The first-order chi connectivity index (χ1) is 18.1. The largest absolute Gasteiger partial charge is 0.454 e. The van der Waals surface area contributed by atoms with Gasteiger partial charge < -0.3 is 28.7 Å². The van der Waals surface area contributed by atoms with Crippen LogP contribution in [0.5, 0.6) is 11.5 Å². The summed E-state index contributed by atoms with van der Waals surface area (Å²) >= 11 is 1.56. The molecule has 11 nitrogen and oxygen atoms in total. The van der Waals surface area contributed by atoms with Crippen molar-refractivity contribution in [3.63, 3.8) is 0 Å². The van der Waals surface area contributed by atoms with E-state index in [9.17, 15) is 24.4 Å². The van der Waals surface area contributed by atoms with Crippen molar-refractivity contribution >= 4 is 45.6 Å². The van der Waals surface area contributed by atoms with Gasteiger partial charge in [-0.05, 0) is 36.4 Å². The predicted octanol–water partition coefficient (Wildman–Crippen LogP) is 2.55. The molecule has 1 aromatic rings. The lowest BCUT2D eigenvalue weighted by atomic mass is 9.79. The van der Waals surface area contributed by atoms with Gasteiger partial charge in [-0.25, -0.2) is 0 Å². The highest BCUT2D eigenvalue weighted by molar-refractivity contribution is 8.15. The van der Waals surface area contributed by atoms with Crippen LogP contribution in [0.25, 0.3) is 0 Å². The first-order valence-corrected chi connectivity index (χ1v) is 13.6. The molecule has 0 aromatic heterocycles. The molecule has 0 N–H and O–H groups in total. The number of benzene rings is 1. The van der Waals surface area contributed by atoms with E-state index < -0.39 is 33.3 Å². The number of nitrogens with zero attached hydrogens (tertiary/aromatic N) is 3. The lowest BCUT2D eigenvalue weighted by Gasteiger charge is -2.41. The minimum Gasteiger partial charge on any atom is -0.454 e. The Labute approximate surface area is 230 Å². The highest BCUT2D eigenvalue weighted by Crippen LogP contribution is 2.59. The smallest absolute Gasteiger partial charge is 0.260 e. The molecule has 2 heterocycles. The quantitative estimate of drug-likeness (QED) is 0.387. The summed E-state index contributed by atoms with van der Waals surface area (Å²) in [6, 6.07) is 6.56. The lowest BCUT2D eigenvalue weighted by Crippen LogP contribution is -2.56. The fraction of sp³-hybridized carbons (Fsp3) is 0.560. The average molecular weight is 566 g/mol. The summed E-state index contributed by atoms with van der Waals surface area (Å²) in [5, 5.41) is 9.64. The Bertz CT molecular complexity index is 1140. The van der Waals surface area contributed by atoms with E-state index in [0.717, 1.165) is 11.8 Å². The Morgan fingerprint density at radius 3 is 2.45 bits per heavy atom. The van der Waals surface area contributed by atoms with E-state index in [-0.39, 0.29) is 43.8 Å². The summed E-state index contributed by atoms with van der Waals surface area (Å²) in [6.07, 6.45) is -0.0945. The third-order valence-corrected chi connectivity index (χ3v) is 8.46. The fourth-order valence-corrected chi connectivity index (χ4v) is 6.85. The first kappa shape index (κ1) is 29.8. The van der Waals surface area contributed by atoms with Gasteiger partial charge in [0.15, 0.2) is 16.4 Å². The highest BCUT2D eigenvalue weighted by Gasteiger charge is 2.65. The number of likely N-dealkylation sites (N-methyl/N-ethyl adjacent to an activating group) is 1. The maximum Gasteiger partial charge on any atom is 0.260 e. The second-order valence-electron chi connectivity index (χ2n) is 9.11. The van der Waals surface area contributed by atoms with Crippen molar-refractivity contribution in [2.24, 2.45) is 5.41 Å². The van der Waals surface area contributed by atoms with Crippen molar-refractivity contribution in [3.05, 3.63) is 23.8 Å². The Balaban J connectivity index is 2.14. The fourth-order valence-electron chi connectivity index (χ4n) is 4.72. The van der Waals surface area contributed by atoms with Crippen LogP contribution >= 0.6 is 23.5 Å². The number of thioether (sulfide) groups is 2. The second-order valence-corrected chi connectivity index (χ2v) is 11.4. The third kappa shape index (κ3) is 5.78. The number of ether oxygens (including phenoxy) is 4. The summed E-state index contributed by atoms with van der Waals surface area (Å²) < 4.78 is 20.8. The molecule has 1 aromatic carbocycles. The van der Waals surface area contributed by atoms with Crippen molar-refractivity contribution in [2.45, 2.75) is 37.6 Å². The number of hydrogen-bond acceptors (Lipinski definition) is 11. The molecule has 0 bridgehead atoms. The molecule has 38 heavy (non-hydrogen) atoms. The molecule has 2 aliphatic heterocycles. The van der Waals surface area contributed by atoms with Crippen LogP contribution in [0, 0.1) is 16.7 Å². The van der Waals surface area contributed by atoms with E-state index >= 15 is 0 Å². The van der Waals surface area contributed by atoms with Gasteiger partial charge in [-0.15, -0.1) is 0 Å². The molecule has 3 atom stereocenters. The maximum atomic E-state index is 14.2. The maximum absolute atomic E-state index is 14.2. The number of nitriles is 1. The molecular weight excluding hydrogens is 534 g/mol. The molecule has 0 aliphatic carbocycles. The average Bonchev–Trinajstić information content (AvgIpc) is 3.47. The monoisotopic (exact) mass is 565 g/mol. The van der Waals surface area contributed by atoms with Gasteiger partial charge in [-0.1, -0.05) is 24.8 Å². The molecule has 1 fully saturated rings. The van der Waals surface area contributed by atoms with Gasteiger partial charge in [0, 0.05) is 34.1 Å². The topological polar surface area (TPSA) is 135 Å². The zero-order chi connectivity index (χ0) is 28.1. The van der Waals surface area contributed by atoms with Gasteiger partial charge in [0.1, 0.15) is 13.2 Å². The molecule has 206 valence electrons. The number of likely N-dealkylation sites (tertiary alicyclic amines) is 1. The summed E-state index contributed by atoms with van der Waals surface area (Å²) in [6.45, 7) is 2.95. The zero-order valence-electron chi connectivity index (χ0n) is 22.0. The van der Waals surface area contributed by atoms with Crippen molar-refractivity contribution in [1.29, 1.82) is 5.26 Å². The Kier molecular flexibility index (Phi) is 9.69. The van der Waals surface area contributed by atoms with Crippen molar-refractivity contribution in [3.8, 4) is 17.6 Å². The number of amides is 2. The number of methoxy groups -OCH3 is 2. The van der Waals surface area contributed by atoms with Crippen LogP contribution in [-0.4, -0.2) is 83.9 Å². The molecule has 1 unspecified atom stereocenters. The Morgan fingerprint density at radius 2 is 1.82 bits per heavy atom. The van der Waals surface area contributed by atoms with Gasteiger partial charge in [-0.3, -0.25) is 19.2 Å². The highest BCUT2D eigenvalue weighted by atomic mass is 32.2. The van der Waals surface area contributed by atoms with Gasteiger partial charge >= 0.3 is 0 Å². The molecule has 0 saturated carbocycles. The van der Waals surface area contributed by atoms with Gasteiger partial charge in [0.25, 0.3) is 5.91 Å². The van der Waals surface area contributed by atoms with Crippen LogP contribution in [-0.2, 0) is 28.7 Å². The van der Waals surface area contributed by atoms with Crippen molar-refractivity contribution in [1.82, 2.24) is 9.80 Å². The number of carbonyl (C=O) groups excluding carboxylic acids is 4. The third-order valence-electron chi connectivity index (χ3n) is 6.30. The Morgan fingerprint density at radius 1 is 1.16 bits per heavy atom. The SMILES string of the molecule is CCC(=O)N1[C@@H](c2ccc3c(c2)OCO3)[C@@](C)(C#N)CC1(SC(=O)COC)C(=O)N(C)CSC(=O)COC. The second kappa shape index (κ2) is 12.4. The van der Waals surface area contributed by atoms with Crippen LogP contribution in [0.4, 0.5) is 0 Å². The van der Waals surface area contributed by atoms with E-state index in [1.807, 2.05) is 0 Å². The van der Waals surface area contributed by atoms with Crippen LogP contribution in [0.15, 0.2) is 18.2 Å².